The van der Waals surface area contributed by atoms with Crippen LogP contribution in [0.5, 0.6) is 11.5 Å². The number of hydrogen-bond acceptors (Lipinski definition) is 4. The predicted octanol–water partition coefficient (Wildman–Crippen LogP) is 2.69. The number of para-hydroxylation sites is 1. The Kier molecular flexibility index (Phi) is 5.41. The number of likely N-dealkylation sites (tertiary alicyclic amines) is 1. The van der Waals surface area contributed by atoms with Gasteiger partial charge in [-0.1, -0.05) is 18.2 Å². The highest BCUT2D eigenvalue weighted by molar-refractivity contribution is 5.97. The van der Waals surface area contributed by atoms with Gasteiger partial charge in [-0.2, -0.15) is 0 Å². The molecule has 0 bridgehead atoms. The first-order valence-electron chi connectivity index (χ1n) is 8.45. The van der Waals surface area contributed by atoms with Crippen LogP contribution in [0.2, 0.25) is 0 Å². The van der Waals surface area contributed by atoms with Crippen molar-refractivity contribution in [1.82, 2.24) is 4.90 Å². The Morgan fingerprint density at radius 3 is 2.54 bits per heavy atom. The predicted molar refractivity (Wildman–Crippen MR) is 98.1 cm³/mol. The SMILES string of the molecule is COc1ccc(NC(=O)[C@H]2CC(=O)N(Cc3ccccc3OC)C2)cc1. The molecule has 26 heavy (non-hydrogen) atoms. The van der Waals surface area contributed by atoms with E-state index in [4.69, 9.17) is 9.47 Å². The van der Waals surface area contributed by atoms with E-state index in [-0.39, 0.29) is 24.2 Å². The van der Waals surface area contributed by atoms with Gasteiger partial charge in [0.25, 0.3) is 0 Å². The third-order valence-corrected chi connectivity index (χ3v) is 4.50. The van der Waals surface area contributed by atoms with Crippen molar-refractivity contribution in [3.63, 3.8) is 0 Å². The molecule has 1 atom stereocenters. The lowest BCUT2D eigenvalue weighted by Crippen LogP contribution is -2.28. The topological polar surface area (TPSA) is 67.9 Å². The molecular weight excluding hydrogens is 332 g/mol. The molecule has 3 rings (SSSR count). The minimum atomic E-state index is -0.362. The number of amides is 2. The van der Waals surface area contributed by atoms with Gasteiger partial charge in [0.15, 0.2) is 0 Å². The molecule has 0 radical (unpaired) electrons. The third kappa shape index (κ3) is 3.96. The first-order chi connectivity index (χ1) is 12.6. The van der Waals surface area contributed by atoms with Crippen LogP contribution in [-0.2, 0) is 16.1 Å². The van der Waals surface area contributed by atoms with E-state index in [1.165, 1.54) is 0 Å². The van der Waals surface area contributed by atoms with E-state index < -0.39 is 0 Å². The summed E-state index contributed by atoms with van der Waals surface area (Å²) in [4.78, 5) is 26.5. The van der Waals surface area contributed by atoms with Crippen molar-refractivity contribution in [2.75, 3.05) is 26.1 Å². The highest BCUT2D eigenvalue weighted by atomic mass is 16.5. The Labute approximate surface area is 152 Å². The van der Waals surface area contributed by atoms with Gasteiger partial charge in [-0.3, -0.25) is 9.59 Å². The molecular formula is C20H22N2O4. The molecule has 0 aromatic heterocycles. The molecule has 1 N–H and O–H groups in total. The normalized spacial score (nSPS) is 16.5. The van der Waals surface area contributed by atoms with E-state index in [1.54, 1.807) is 43.4 Å². The zero-order valence-corrected chi connectivity index (χ0v) is 14.9. The van der Waals surface area contributed by atoms with Gasteiger partial charge in [-0.25, -0.2) is 0 Å². The van der Waals surface area contributed by atoms with Crippen molar-refractivity contribution in [2.24, 2.45) is 5.92 Å². The molecule has 136 valence electrons. The number of nitrogens with one attached hydrogen (secondary N) is 1. The summed E-state index contributed by atoms with van der Waals surface area (Å²) in [5.41, 5.74) is 1.62. The highest BCUT2D eigenvalue weighted by Crippen LogP contribution is 2.25. The molecule has 6 nitrogen and oxygen atoms in total. The van der Waals surface area contributed by atoms with Crippen LogP contribution in [0.1, 0.15) is 12.0 Å². The Morgan fingerprint density at radius 1 is 1.12 bits per heavy atom. The Bertz CT molecular complexity index is 789. The largest absolute Gasteiger partial charge is 0.497 e. The van der Waals surface area contributed by atoms with Gasteiger partial charge in [-0.05, 0) is 30.3 Å². The summed E-state index contributed by atoms with van der Waals surface area (Å²) in [7, 11) is 3.20. The molecule has 1 fully saturated rings. The second kappa shape index (κ2) is 7.91. The number of carbonyl (C=O) groups excluding carboxylic acids is 2. The first kappa shape index (κ1) is 17.8. The maximum absolute atomic E-state index is 12.5. The van der Waals surface area contributed by atoms with Crippen molar-refractivity contribution in [1.29, 1.82) is 0 Å². The Balaban J connectivity index is 1.62. The minimum Gasteiger partial charge on any atom is -0.497 e. The van der Waals surface area contributed by atoms with Crippen LogP contribution < -0.4 is 14.8 Å². The lowest BCUT2D eigenvalue weighted by Gasteiger charge is -2.18. The molecule has 0 spiro atoms. The van der Waals surface area contributed by atoms with Crippen LogP contribution in [0.3, 0.4) is 0 Å². The van der Waals surface area contributed by atoms with Gasteiger partial charge in [0, 0.05) is 30.8 Å². The van der Waals surface area contributed by atoms with Crippen molar-refractivity contribution < 1.29 is 19.1 Å². The number of hydrogen-bond donors (Lipinski definition) is 1. The van der Waals surface area contributed by atoms with Crippen LogP contribution in [-0.4, -0.2) is 37.5 Å². The zero-order chi connectivity index (χ0) is 18.5. The van der Waals surface area contributed by atoms with E-state index in [2.05, 4.69) is 5.32 Å². The van der Waals surface area contributed by atoms with Gasteiger partial charge in [0.05, 0.1) is 20.1 Å². The summed E-state index contributed by atoms with van der Waals surface area (Å²) < 4.78 is 10.4. The van der Waals surface area contributed by atoms with Gasteiger partial charge in [0.2, 0.25) is 11.8 Å². The molecule has 0 saturated carbocycles. The third-order valence-electron chi connectivity index (χ3n) is 4.50. The number of benzene rings is 2. The lowest BCUT2D eigenvalue weighted by atomic mass is 10.1. The van der Waals surface area contributed by atoms with Crippen LogP contribution in [0.15, 0.2) is 48.5 Å². The number of rotatable bonds is 6. The van der Waals surface area contributed by atoms with Gasteiger partial charge in [0.1, 0.15) is 11.5 Å². The monoisotopic (exact) mass is 354 g/mol. The van der Waals surface area contributed by atoms with Gasteiger partial charge >= 0.3 is 0 Å². The summed E-state index contributed by atoms with van der Waals surface area (Å²) in [5.74, 6) is 0.935. The molecule has 2 aromatic rings. The molecule has 0 aliphatic carbocycles. The van der Waals surface area contributed by atoms with Crippen molar-refractivity contribution in [3.05, 3.63) is 54.1 Å². The fourth-order valence-corrected chi connectivity index (χ4v) is 3.06. The van der Waals surface area contributed by atoms with E-state index in [9.17, 15) is 9.59 Å². The fourth-order valence-electron chi connectivity index (χ4n) is 3.06. The van der Waals surface area contributed by atoms with Crippen molar-refractivity contribution >= 4 is 17.5 Å². The maximum atomic E-state index is 12.5. The number of anilines is 1. The summed E-state index contributed by atoms with van der Waals surface area (Å²) in [6.45, 7) is 0.841. The fraction of sp³-hybridized carbons (Fsp3) is 0.300. The van der Waals surface area contributed by atoms with Crippen LogP contribution in [0.25, 0.3) is 0 Å². The van der Waals surface area contributed by atoms with Crippen LogP contribution in [0.4, 0.5) is 5.69 Å². The van der Waals surface area contributed by atoms with E-state index >= 15 is 0 Å². The summed E-state index contributed by atoms with van der Waals surface area (Å²) in [6.07, 6.45) is 0.219. The Morgan fingerprint density at radius 2 is 1.85 bits per heavy atom. The zero-order valence-electron chi connectivity index (χ0n) is 14.9. The van der Waals surface area contributed by atoms with Crippen molar-refractivity contribution in [3.8, 4) is 11.5 Å². The first-order valence-corrected chi connectivity index (χ1v) is 8.45. The summed E-state index contributed by atoms with van der Waals surface area (Å²) in [5, 5.41) is 2.86. The average Bonchev–Trinajstić information content (AvgIpc) is 3.03. The van der Waals surface area contributed by atoms with E-state index in [0.29, 0.717) is 18.8 Å². The maximum Gasteiger partial charge on any atom is 0.229 e. The standard InChI is InChI=1S/C20H22N2O4/c1-25-17-9-7-16(8-10-17)21-20(24)15-11-19(23)22(13-15)12-14-5-3-4-6-18(14)26-2/h3-10,15H,11-13H2,1-2H3,(H,21,24)/t15-/m0/s1. The molecule has 1 aliphatic rings. The second-order valence-corrected chi connectivity index (χ2v) is 6.20. The average molecular weight is 354 g/mol. The van der Waals surface area contributed by atoms with Gasteiger partial charge in [-0.15, -0.1) is 0 Å². The molecule has 1 aliphatic heterocycles. The number of carbonyl (C=O) groups is 2. The van der Waals surface area contributed by atoms with Crippen LogP contribution in [0, 0.1) is 5.92 Å². The molecule has 6 heteroatoms. The molecule has 0 unspecified atom stereocenters. The molecule has 1 heterocycles. The van der Waals surface area contributed by atoms with Crippen molar-refractivity contribution in [2.45, 2.75) is 13.0 Å². The quantitative estimate of drug-likeness (QED) is 0.866. The summed E-state index contributed by atoms with van der Waals surface area (Å²) in [6, 6.07) is 14.7. The minimum absolute atomic E-state index is 0.0224. The van der Waals surface area contributed by atoms with Crippen LogP contribution >= 0.6 is 0 Å². The molecule has 2 aromatic carbocycles. The smallest absolute Gasteiger partial charge is 0.229 e. The number of nitrogens with zero attached hydrogens (tertiary/aromatic N) is 1. The lowest BCUT2D eigenvalue weighted by molar-refractivity contribution is -0.128. The highest BCUT2D eigenvalue weighted by Gasteiger charge is 2.34. The van der Waals surface area contributed by atoms with E-state index in [1.807, 2.05) is 24.3 Å². The second-order valence-electron chi connectivity index (χ2n) is 6.20. The summed E-state index contributed by atoms with van der Waals surface area (Å²) >= 11 is 0. The number of methoxy groups -OCH3 is 2. The van der Waals surface area contributed by atoms with E-state index in [0.717, 1.165) is 17.1 Å². The molecule has 2 amide bonds. The van der Waals surface area contributed by atoms with Gasteiger partial charge < -0.3 is 19.7 Å². The number of ether oxygens (including phenoxy) is 2. The Hall–Kier alpha value is -3.02. The molecule has 1 saturated heterocycles.